The average Bonchev–Trinajstić information content (AvgIpc) is 2.84. The number of nitrogens with one attached hydrogen (secondary N) is 1. The largest absolute Gasteiger partial charge is 0.494 e. The van der Waals surface area contributed by atoms with Crippen molar-refractivity contribution >= 4 is 51.9 Å². The molecule has 0 atom stereocenters. The van der Waals surface area contributed by atoms with E-state index in [1.165, 1.54) is 13.2 Å². The Morgan fingerprint density at radius 3 is 2.44 bits per heavy atom. The summed E-state index contributed by atoms with van der Waals surface area (Å²) in [5.41, 5.74) is 2.12. The van der Waals surface area contributed by atoms with E-state index in [1.807, 2.05) is 31.2 Å². The normalized spacial score (nSPS) is 10.9. The van der Waals surface area contributed by atoms with Crippen LogP contribution in [0.2, 0.25) is 5.02 Å². The van der Waals surface area contributed by atoms with Gasteiger partial charge >= 0.3 is 0 Å². The van der Waals surface area contributed by atoms with Gasteiger partial charge in [-0.1, -0.05) is 23.7 Å². The van der Waals surface area contributed by atoms with Crippen LogP contribution in [0, 0.1) is 14.9 Å². The molecule has 8 heteroatoms. The molecule has 0 saturated heterocycles. The van der Waals surface area contributed by atoms with E-state index in [4.69, 9.17) is 25.8 Å². The van der Waals surface area contributed by atoms with E-state index < -0.39 is 5.91 Å². The maximum absolute atomic E-state index is 12.6. The SMILES string of the molecule is CCOc1ccc(NC(=O)/C(C#N)=C\c2cc(I)c(OCc3ccc(Cl)cc3)c(OC)c2)cc1. The van der Waals surface area contributed by atoms with Gasteiger partial charge in [0, 0.05) is 10.7 Å². The van der Waals surface area contributed by atoms with Crippen LogP contribution < -0.4 is 19.5 Å². The van der Waals surface area contributed by atoms with E-state index in [0.717, 1.165) is 9.13 Å². The zero-order chi connectivity index (χ0) is 24.5. The van der Waals surface area contributed by atoms with Crippen LogP contribution in [0.4, 0.5) is 5.69 Å². The third kappa shape index (κ3) is 6.89. The number of anilines is 1. The first-order valence-electron chi connectivity index (χ1n) is 10.3. The second-order valence-corrected chi connectivity index (χ2v) is 8.63. The van der Waals surface area contributed by atoms with Gasteiger partial charge in [0.15, 0.2) is 11.5 Å². The van der Waals surface area contributed by atoms with Gasteiger partial charge in [0.1, 0.15) is 24.0 Å². The number of ether oxygens (including phenoxy) is 3. The highest BCUT2D eigenvalue weighted by atomic mass is 127. The van der Waals surface area contributed by atoms with Crippen LogP contribution in [-0.4, -0.2) is 19.6 Å². The molecule has 0 aromatic heterocycles. The van der Waals surface area contributed by atoms with Crippen molar-refractivity contribution in [3.05, 3.63) is 86.0 Å². The van der Waals surface area contributed by atoms with Gasteiger partial charge in [-0.15, -0.1) is 0 Å². The van der Waals surface area contributed by atoms with Gasteiger partial charge in [-0.25, -0.2) is 0 Å². The number of halogens is 2. The van der Waals surface area contributed by atoms with Crippen LogP contribution in [-0.2, 0) is 11.4 Å². The molecule has 0 aliphatic heterocycles. The van der Waals surface area contributed by atoms with Crippen LogP contribution in [0.25, 0.3) is 6.08 Å². The van der Waals surface area contributed by atoms with Crippen molar-refractivity contribution in [1.29, 1.82) is 5.26 Å². The van der Waals surface area contributed by atoms with Crippen LogP contribution in [0.15, 0.2) is 66.2 Å². The third-order valence-electron chi connectivity index (χ3n) is 4.65. The summed E-state index contributed by atoms with van der Waals surface area (Å²) >= 11 is 8.07. The Kier molecular flexibility index (Phi) is 9.19. The number of rotatable bonds is 9. The lowest BCUT2D eigenvalue weighted by atomic mass is 10.1. The summed E-state index contributed by atoms with van der Waals surface area (Å²) in [6.45, 7) is 2.79. The lowest BCUT2D eigenvalue weighted by molar-refractivity contribution is -0.112. The van der Waals surface area contributed by atoms with E-state index in [1.54, 1.807) is 42.5 Å². The number of carbonyl (C=O) groups is 1. The Bertz CT molecular complexity index is 1220. The number of methoxy groups -OCH3 is 1. The molecule has 6 nitrogen and oxygen atoms in total. The van der Waals surface area contributed by atoms with E-state index in [2.05, 4.69) is 27.9 Å². The molecule has 34 heavy (non-hydrogen) atoms. The Balaban J connectivity index is 1.77. The number of nitrogens with zero attached hydrogens (tertiary/aromatic N) is 1. The number of benzene rings is 3. The number of hydrogen-bond acceptors (Lipinski definition) is 5. The van der Waals surface area contributed by atoms with Gasteiger partial charge in [-0.05, 0) is 95.2 Å². The molecule has 0 spiro atoms. The highest BCUT2D eigenvalue weighted by molar-refractivity contribution is 14.1. The van der Waals surface area contributed by atoms with Gasteiger partial charge in [0.25, 0.3) is 5.91 Å². The minimum absolute atomic E-state index is 0.0402. The highest BCUT2D eigenvalue weighted by Crippen LogP contribution is 2.35. The Labute approximate surface area is 217 Å². The minimum atomic E-state index is -0.510. The number of nitriles is 1. The summed E-state index contributed by atoms with van der Waals surface area (Å²) in [5.74, 6) is 1.27. The standard InChI is InChI=1S/C26H22ClIN2O4/c1-3-33-22-10-8-21(9-11-22)30-26(31)19(15-29)12-18-13-23(28)25(24(14-18)32-2)34-16-17-4-6-20(27)7-5-17/h4-14H,3,16H2,1-2H3,(H,30,31)/b19-12-. The first kappa shape index (κ1) is 25.4. The maximum Gasteiger partial charge on any atom is 0.266 e. The van der Waals surface area contributed by atoms with Gasteiger partial charge in [0.05, 0.1) is 17.3 Å². The summed E-state index contributed by atoms with van der Waals surface area (Å²) in [6.07, 6.45) is 1.51. The predicted molar refractivity (Wildman–Crippen MR) is 141 cm³/mol. The summed E-state index contributed by atoms with van der Waals surface area (Å²) < 4.78 is 17.7. The van der Waals surface area contributed by atoms with E-state index >= 15 is 0 Å². The fourth-order valence-electron chi connectivity index (χ4n) is 3.01. The van der Waals surface area contributed by atoms with Crippen molar-refractivity contribution in [2.75, 3.05) is 19.0 Å². The molecule has 0 radical (unpaired) electrons. The molecule has 0 fully saturated rings. The molecule has 174 valence electrons. The average molecular weight is 589 g/mol. The summed E-state index contributed by atoms with van der Waals surface area (Å²) in [6, 6.07) is 19.8. The minimum Gasteiger partial charge on any atom is -0.494 e. The lowest BCUT2D eigenvalue weighted by Crippen LogP contribution is -2.13. The molecule has 3 aromatic rings. The van der Waals surface area contributed by atoms with Gasteiger partial charge in [-0.2, -0.15) is 5.26 Å². The van der Waals surface area contributed by atoms with E-state index in [0.29, 0.717) is 46.7 Å². The highest BCUT2D eigenvalue weighted by Gasteiger charge is 2.14. The van der Waals surface area contributed by atoms with Crippen LogP contribution >= 0.6 is 34.2 Å². The second kappa shape index (κ2) is 12.3. The fourth-order valence-corrected chi connectivity index (χ4v) is 3.92. The number of carbonyl (C=O) groups excluding carboxylic acids is 1. The molecular weight excluding hydrogens is 567 g/mol. The van der Waals surface area contributed by atoms with Crippen molar-refractivity contribution in [2.24, 2.45) is 0 Å². The van der Waals surface area contributed by atoms with Gasteiger partial charge in [0.2, 0.25) is 0 Å². The third-order valence-corrected chi connectivity index (χ3v) is 5.70. The Morgan fingerprint density at radius 1 is 1.12 bits per heavy atom. The second-order valence-electron chi connectivity index (χ2n) is 7.03. The zero-order valence-corrected chi connectivity index (χ0v) is 21.5. The Hall–Kier alpha value is -3.22. The smallest absolute Gasteiger partial charge is 0.266 e. The quantitative estimate of drug-likeness (QED) is 0.176. The monoisotopic (exact) mass is 588 g/mol. The lowest BCUT2D eigenvalue weighted by Gasteiger charge is -2.14. The van der Waals surface area contributed by atoms with Crippen LogP contribution in [0.5, 0.6) is 17.2 Å². The summed E-state index contributed by atoms with van der Waals surface area (Å²) in [4.78, 5) is 12.6. The van der Waals surface area contributed by atoms with Crippen molar-refractivity contribution < 1.29 is 19.0 Å². The van der Waals surface area contributed by atoms with Crippen molar-refractivity contribution in [3.63, 3.8) is 0 Å². The predicted octanol–water partition coefficient (Wildman–Crippen LogP) is 6.48. The van der Waals surface area contributed by atoms with Gasteiger partial charge < -0.3 is 19.5 Å². The topological polar surface area (TPSA) is 80.6 Å². The molecule has 0 unspecified atom stereocenters. The first-order valence-corrected chi connectivity index (χ1v) is 11.8. The van der Waals surface area contributed by atoms with E-state index in [9.17, 15) is 10.1 Å². The van der Waals surface area contributed by atoms with Crippen LogP contribution in [0.3, 0.4) is 0 Å². The molecule has 3 rings (SSSR count). The molecule has 1 N–H and O–H groups in total. The summed E-state index contributed by atoms with van der Waals surface area (Å²) in [7, 11) is 1.54. The maximum atomic E-state index is 12.6. The number of amides is 1. The van der Waals surface area contributed by atoms with E-state index in [-0.39, 0.29) is 5.57 Å². The number of hydrogen-bond donors (Lipinski definition) is 1. The molecule has 3 aromatic carbocycles. The molecule has 0 bridgehead atoms. The van der Waals surface area contributed by atoms with Crippen molar-refractivity contribution in [2.45, 2.75) is 13.5 Å². The fraction of sp³-hybridized carbons (Fsp3) is 0.154. The zero-order valence-electron chi connectivity index (χ0n) is 18.6. The first-order chi connectivity index (χ1) is 16.4. The molecule has 0 aliphatic carbocycles. The molecule has 0 heterocycles. The molecule has 0 aliphatic rings. The van der Waals surface area contributed by atoms with Crippen molar-refractivity contribution in [3.8, 4) is 23.3 Å². The van der Waals surface area contributed by atoms with Crippen molar-refractivity contribution in [1.82, 2.24) is 0 Å². The Morgan fingerprint density at radius 2 is 1.82 bits per heavy atom. The van der Waals surface area contributed by atoms with Gasteiger partial charge in [-0.3, -0.25) is 4.79 Å². The molecular formula is C26H22ClIN2O4. The molecule has 1 amide bonds. The molecule has 0 saturated carbocycles. The summed E-state index contributed by atoms with van der Waals surface area (Å²) in [5, 5.41) is 12.9. The van der Waals surface area contributed by atoms with Crippen LogP contribution in [0.1, 0.15) is 18.1 Å².